The minimum atomic E-state index is -0.236. The van der Waals surface area contributed by atoms with E-state index in [0.717, 1.165) is 52.7 Å². The average molecular weight is 569 g/mol. The van der Waals surface area contributed by atoms with E-state index in [1.807, 2.05) is 47.1 Å². The Morgan fingerprint density at radius 1 is 1.05 bits per heavy atom. The predicted molar refractivity (Wildman–Crippen MR) is 156 cm³/mol. The highest BCUT2D eigenvalue weighted by atomic mass is 35.5. The summed E-state index contributed by atoms with van der Waals surface area (Å²) in [6.45, 7) is 1.37. The van der Waals surface area contributed by atoms with Crippen LogP contribution in [-0.4, -0.2) is 36.8 Å². The third kappa shape index (κ3) is 6.21. The smallest absolute Gasteiger partial charge is 0.253 e. The van der Waals surface area contributed by atoms with Gasteiger partial charge in [-0.3, -0.25) is 19.6 Å². The van der Waals surface area contributed by atoms with Gasteiger partial charge in [0.15, 0.2) is 6.23 Å². The minimum Gasteiger partial charge on any atom is -0.356 e. The Morgan fingerprint density at radius 3 is 2.78 bits per heavy atom. The zero-order valence-electron chi connectivity index (χ0n) is 22.4. The molecule has 5 heterocycles. The molecule has 0 aliphatic carbocycles. The molecule has 208 valence electrons. The van der Waals surface area contributed by atoms with Gasteiger partial charge in [0.1, 0.15) is 0 Å². The SMILES string of the molecule is O=C(NCc1nn(C2CCCCO2)c2ccc(Cl)cc12)c1cncc(Cc2ccc(Cn3ccccc3=O)nc2)c1. The number of ether oxygens (including phenoxy) is 1. The number of nitrogens with one attached hydrogen (secondary N) is 1. The number of hydrogen-bond acceptors (Lipinski definition) is 6. The van der Waals surface area contributed by atoms with Crippen molar-refractivity contribution in [3.8, 4) is 0 Å². The molecule has 0 bridgehead atoms. The van der Waals surface area contributed by atoms with Crippen LogP contribution in [0, 0.1) is 0 Å². The molecule has 9 nitrogen and oxygen atoms in total. The molecule has 1 N–H and O–H groups in total. The highest BCUT2D eigenvalue weighted by Crippen LogP contribution is 2.29. The summed E-state index contributed by atoms with van der Waals surface area (Å²) in [5, 5.41) is 9.31. The van der Waals surface area contributed by atoms with E-state index in [4.69, 9.17) is 21.4 Å². The molecule has 1 saturated heterocycles. The molecule has 1 fully saturated rings. The van der Waals surface area contributed by atoms with Crippen LogP contribution in [0.1, 0.15) is 58.4 Å². The van der Waals surface area contributed by atoms with Gasteiger partial charge in [-0.25, -0.2) is 4.68 Å². The van der Waals surface area contributed by atoms with E-state index in [0.29, 0.717) is 30.2 Å². The molecule has 0 radical (unpaired) electrons. The number of rotatable bonds is 8. The molecule has 5 aromatic rings. The van der Waals surface area contributed by atoms with E-state index >= 15 is 0 Å². The zero-order valence-corrected chi connectivity index (χ0v) is 23.1. The van der Waals surface area contributed by atoms with Gasteiger partial charge in [-0.2, -0.15) is 5.10 Å². The highest BCUT2D eigenvalue weighted by molar-refractivity contribution is 6.31. The summed E-state index contributed by atoms with van der Waals surface area (Å²) in [4.78, 5) is 33.9. The van der Waals surface area contributed by atoms with E-state index in [2.05, 4.69) is 15.3 Å². The molecule has 6 rings (SSSR count). The number of fused-ring (bicyclic) bond motifs is 1. The van der Waals surface area contributed by atoms with Crippen molar-refractivity contribution < 1.29 is 9.53 Å². The van der Waals surface area contributed by atoms with Gasteiger partial charge in [0, 0.05) is 54.3 Å². The molecule has 1 aliphatic heterocycles. The van der Waals surface area contributed by atoms with Gasteiger partial charge < -0.3 is 14.6 Å². The van der Waals surface area contributed by atoms with Gasteiger partial charge in [0.25, 0.3) is 11.5 Å². The highest BCUT2D eigenvalue weighted by Gasteiger charge is 2.21. The maximum Gasteiger partial charge on any atom is 0.253 e. The normalized spacial score (nSPS) is 15.2. The molecule has 1 atom stereocenters. The van der Waals surface area contributed by atoms with E-state index in [1.54, 1.807) is 35.4 Å². The van der Waals surface area contributed by atoms with Crippen LogP contribution in [0.4, 0.5) is 0 Å². The summed E-state index contributed by atoms with van der Waals surface area (Å²) in [6, 6.07) is 16.5. The molecular formula is C31H29ClN6O3. The van der Waals surface area contributed by atoms with E-state index in [-0.39, 0.29) is 24.2 Å². The van der Waals surface area contributed by atoms with Crippen LogP contribution in [0.5, 0.6) is 0 Å². The van der Waals surface area contributed by atoms with Gasteiger partial charge in [0.2, 0.25) is 0 Å². The van der Waals surface area contributed by atoms with Crippen LogP contribution in [-0.2, 0) is 24.2 Å². The first kappa shape index (κ1) is 26.9. The minimum absolute atomic E-state index is 0.0666. The Balaban J connectivity index is 1.13. The van der Waals surface area contributed by atoms with Crippen LogP contribution < -0.4 is 10.9 Å². The van der Waals surface area contributed by atoms with Crippen molar-refractivity contribution in [1.82, 2.24) is 29.6 Å². The number of carbonyl (C=O) groups excluding carboxylic acids is 1. The fourth-order valence-corrected chi connectivity index (χ4v) is 5.25. The van der Waals surface area contributed by atoms with Gasteiger partial charge >= 0.3 is 0 Å². The van der Waals surface area contributed by atoms with E-state index in [9.17, 15) is 9.59 Å². The monoisotopic (exact) mass is 568 g/mol. The first-order valence-corrected chi connectivity index (χ1v) is 14.0. The van der Waals surface area contributed by atoms with Crippen molar-refractivity contribution in [3.05, 3.63) is 123 Å². The summed E-state index contributed by atoms with van der Waals surface area (Å²) >= 11 is 6.30. The Bertz CT molecular complexity index is 1740. The Labute approximate surface area is 241 Å². The molecule has 1 aromatic carbocycles. The molecule has 0 spiro atoms. The predicted octanol–water partition coefficient (Wildman–Crippen LogP) is 4.91. The van der Waals surface area contributed by atoms with Crippen LogP contribution in [0.2, 0.25) is 5.02 Å². The van der Waals surface area contributed by atoms with Gasteiger partial charge in [-0.1, -0.05) is 23.7 Å². The van der Waals surface area contributed by atoms with Gasteiger partial charge in [-0.15, -0.1) is 0 Å². The van der Waals surface area contributed by atoms with Crippen LogP contribution in [0.3, 0.4) is 0 Å². The summed E-state index contributed by atoms with van der Waals surface area (Å²) in [6.07, 6.45) is 10.3. The number of benzene rings is 1. The van der Waals surface area contributed by atoms with Crippen LogP contribution >= 0.6 is 11.6 Å². The zero-order chi connectivity index (χ0) is 28.2. The number of nitrogens with zero attached hydrogens (tertiary/aromatic N) is 5. The lowest BCUT2D eigenvalue weighted by Gasteiger charge is -2.23. The van der Waals surface area contributed by atoms with Crippen molar-refractivity contribution >= 4 is 28.4 Å². The Kier molecular flexibility index (Phi) is 7.89. The molecular weight excluding hydrogens is 540 g/mol. The molecule has 1 amide bonds. The summed E-state index contributed by atoms with van der Waals surface area (Å²) in [7, 11) is 0. The molecule has 0 saturated carbocycles. The fraction of sp³-hybridized carbons (Fsp3) is 0.258. The second-order valence-electron chi connectivity index (χ2n) is 10.1. The van der Waals surface area contributed by atoms with Crippen molar-refractivity contribution in [3.63, 3.8) is 0 Å². The Morgan fingerprint density at radius 2 is 1.98 bits per heavy atom. The number of carbonyl (C=O) groups is 1. The number of aromatic nitrogens is 5. The van der Waals surface area contributed by atoms with Crippen LogP contribution in [0.15, 0.2) is 84.2 Å². The standard InChI is InChI=1S/C31H29ClN6O3/c32-24-8-10-28-26(15-24)27(36-38(28)30-6-2-4-12-41-30)19-35-31(40)23-14-22(16-33-18-23)13-21-7-9-25(34-17-21)20-37-11-3-1-5-29(37)39/h1,3,5,7-11,14-18,30H,2,4,6,12-13,19-20H2,(H,35,40). The van der Waals surface area contributed by atoms with Crippen molar-refractivity contribution in [2.24, 2.45) is 0 Å². The second-order valence-corrected chi connectivity index (χ2v) is 10.6. The van der Waals surface area contributed by atoms with Crippen LogP contribution in [0.25, 0.3) is 10.9 Å². The average Bonchev–Trinajstić information content (AvgIpc) is 3.36. The summed E-state index contributed by atoms with van der Waals surface area (Å²) < 4.78 is 9.48. The molecule has 10 heteroatoms. The summed E-state index contributed by atoms with van der Waals surface area (Å²) in [5.74, 6) is -0.236. The first-order chi connectivity index (χ1) is 20.0. The fourth-order valence-electron chi connectivity index (χ4n) is 5.07. The molecule has 1 aliphatic rings. The van der Waals surface area contributed by atoms with Gasteiger partial charge in [-0.05, 0) is 66.8 Å². The largest absolute Gasteiger partial charge is 0.356 e. The van der Waals surface area contributed by atoms with Crippen molar-refractivity contribution in [1.29, 1.82) is 0 Å². The molecule has 41 heavy (non-hydrogen) atoms. The maximum absolute atomic E-state index is 13.1. The third-order valence-corrected chi connectivity index (χ3v) is 7.41. The number of pyridine rings is 3. The lowest BCUT2D eigenvalue weighted by Crippen LogP contribution is -2.24. The maximum atomic E-state index is 13.1. The lowest BCUT2D eigenvalue weighted by atomic mass is 10.1. The quantitative estimate of drug-likeness (QED) is 0.285. The number of halogens is 1. The summed E-state index contributed by atoms with van der Waals surface area (Å²) in [5.41, 5.74) is 4.73. The second kappa shape index (κ2) is 12.0. The molecule has 1 unspecified atom stereocenters. The lowest BCUT2D eigenvalue weighted by molar-refractivity contribution is -0.0369. The topological polar surface area (TPSA) is 104 Å². The Hall–Kier alpha value is -4.34. The molecule has 4 aromatic heterocycles. The van der Waals surface area contributed by atoms with Crippen molar-refractivity contribution in [2.45, 2.75) is 45.0 Å². The third-order valence-electron chi connectivity index (χ3n) is 7.17. The van der Waals surface area contributed by atoms with Gasteiger partial charge in [0.05, 0.1) is 35.6 Å². The van der Waals surface area contributed by atoms with E-state index in [1.165, 1.54) is 6.07 Å². The number of amides is 1. The first-order valence-electron chi connectivity index (χ1n) is 13.6. The number of hydrogen-bond donors (Lipinski definition) is 1. The van der Waals surface area contributed by atoms with Crippen molar-refractivity contribution in [2.75, 3.05) is 6.61 Å². The van der Waals surface area contributed by atoms with E-state index < -0.39 is 0 Å².